The van der Waals surface area contributed by atoms with Crippen LogP contribution < -0.4 is 5.32 Å². The van der Waals surface area contributed by atoms with Crippen molar-refractivity contribution in [2.45, 2.75) is 19.4 Å². The Morgan fingerprint density at radius 1 is 1.35 bits per heavy atom. The van der Waals surface area contributed by atoms with Crippen molar-refractivity contribution in [2.24, 2.45) is 0 Å². The number of carbonyl (C=O) groups excluding carboxylic acids is 1. The van der Waals surface area contributed by atoms with E-state index in [0.717, 1.165) is 5.69 Å². The van der Waals surface area contributed by atoms with Crippen LogP contribution in [0.15, 0.2) is 30.3 Å². The molecule has 6 heteroatoms. The highest BCUT2D eigenvalue weighted by molar-refractivity contribution is 7.91. The van der Waals surface area contributed by atoms with Gasteiger partial charge in [-0.1, -0.05) is 18.2 Å². The zero-order chi connectivity index (χ0) is 14.6. The second-order valence-electron chi connectivity index (χ2n) is 4.96. The van der Waals surface area contributed by atoms with Gasteiger partial charge in [-0.25, -0.2) is 8.42 Å². The molecule has 1 aliphatic rings. The number of anilines is 1. The molecular weight excluding hydrogens is 276 g/mol. The third-order valence-corrected chi connectivity index (χ3v) is 5.28. The number of nitrogens with zero attached hydrogens (tertiary/aromatic N) is 1. The summed E-state index contributed by atoms with van der Waals surface area (Å²) >= 11 is 0. The second kappa shape index (κ2) is 6.26. The number of carbonyl (C=O) groups is 1. The molecule has 1 heterocycles. The van der Waals surface area contributed by atoms with E-state index >= 15 is 0 Å². The van der Waals surface area contributed by atoms with Gasteiger partial charge in [-0.15, -0.1) is 0 Å². The van der Waals surface area contributed by atoms with E-state index in [1.54, 1.807) is 4.90 Å². The Kier molecular flexibility index (Phi) is 4.65. The van der Waals surface area contributed by atoms with Crippen molar-refractivity contribution in [3.63, 3.8) is 0 Å². The maximum absolute atomic E-state index is 12.2. The molecule has 1 aromatic rings. The highest BCUT2D eigenvalue weighted by Crippen LogP contribution is 2.18. The van der Waals surface area contributed by atoms with E-state index < -0.39 is 9.84 Å². The van der Waals surface area contributed by atoms with Gasteiger partial charge in [0.25, 0.3) is 0 Å². The molecule has 1 fully saturated rings. The van der Waals surface area contributed by atoms with Crippen LogP contribution in [0.1, 0.15) is 13.3 Å². The predicted molar refractivity (Wildman–Crippen MR) is 79.4 cm³/mol. The molecule has 1 saturated heterocycles. The summed E-state index contributed by atoms with van der Waals surface area (Å²) in [6, 6.07) is 9.32. The van der Waals surface area contributed by atoms with Crippen LogP contribution in [0.2, 0.25) is 0 Å². The van der Waals surface area contributed by atoms with Gasteiger partial charge in [0.15, 0.2) is 9.84 Å². The smallest absolute Gasteiger partial charge is 0.242 e. The number of rotatable bonds is 5. The molecule has 5 nitrogen and oxygen atoms in total. The first-order chi connectivity index (χ1) is 9.52. The lowest BCUT2D eigenvalue weighted by Crippen LogP contribution is -2.43. The second-order valence-corrected chi connectivity index (χ2v) is 7.18. The van der Waals surface area contributed by atoms with Crippen molar-refractivity contribution >= 4 is 21.4 Å². The van der Waals surface area contributed by atoms with Gasteiger partial charge in [-0.2, -0.15) is 0 Å². The van der Waals surface area contributed by atoms with E-state index in [4.69, 9.17) is 0 Å². The van der Waals surface area contributed by atoms with Crippen molar-refractivity contribution in [1.82, 2.24) is 4.90 Å². The van der Waals surface area contributed by atoms with Crippen molar-refractivity contribution in [3.05, 3.63) is 30.3 Å². The monoisotopic (exact) mass is 296 g/mol. The molecule has 0 aromatic heterocycles. The summed E-state index contributed by atoms with van der Waals surface area (Å²) in [4.78, 5) is 13.9. The van der Waals surface area contributed by atoms with Crippen LogP contribution in [0.5, 0.6) is 0 Å². The molecule has 1 aliphatic heterocycles. The van der Waals surface area contributed by atoms with Crippen LogP contribution in [0, 0.1) is 0 Å². The first-order valence-electron chi connectivity index (χ1n) is 6.80. The van der Waals surface area contributed by atoms with Crippen molar-refractivity contribution in [2.75, 3.05) is 29.9 Å². The first-order valence-corrected chi connectivity index (χ1v) is 8.63. The Labute approximate surface area is 119 Å². The molecule has 0 saturated carbocycles. The van der Waals surface area contributed by atoms with Crippen LogP contribution >= 0.6 is 0 Å². The molecule has 0 bridgehead atoms. The summed E-state index contributed by atoms with van der Waals surface area (Å²) in [5.74, 6) is 0.226. The van der Waals surface area contributed by atoms with Crippen molar-refractivity contribution < 1.29 is 13.2 Å². The highest BCUT2D eigenvalue weighted by Gasteiger charge is 2.33. The van der Waals surface area contributed by atoms with E-state index in [9.17, 15) is 13.2 Å². The van der Waals surface area contributed by atoms with Gasteiger partial charge in [0.2, 0.25) is 5.91 Å². The fraction of sp³-hybridized carbons (Fsp3) is 0.500. The van der Waals surface area contributed by atoms with Crippen LogP contribution in [0.3, 0.4) is 0 Å². The maximum atomic E-state index is 12.2. The third kappa shape index (κ3) is 3.72. The number of likely N-dealkylation sites (N-methyl/N-ethyl adjacent to an activating group) is 1. The van der Waals surface area contributed by atoms with Gasteiger partial charge >= 0.3 is 0 Å². The van der Waals surface area contributed by atoms with Gasteiger partial charge < -0.3 is 10.2 Å². The molecule has 1 N–H and O–H groups in total. The van der Waals surface area contributed by atoms with Crippen molar-refractivity contribution in [1.29, 1.82) is 0 Å². The lowest BCUT2D eigenvalue weighted by atomic mass is 10.2. The molecule has 1 aromatic carbocycles. The van der Waals surface area contributed by atoms with Crippen LogP contribution in [0.4, 0.5) is 5.69 Å². The fourth-order valence-corrected chi connectivity index (χ4v) is 4.23. The number of para-hydroxylation sites is 1. The normalized spacial score (nSPS) is 20.6. The van der Waals surface area contributed by atoms with Gasteiger partial charge in [0.1, 0.15) is 0 Å². The van der Waals surface area contributed by atoms with E-state index in [0.29, 0.717) is 13.0 Å². The van der Waals surface area contributed by atoms with E-state index in [2.05, 4.69) is 5.32 Å². The first kappa shape index (κ1) is 14.8. The summed E-state index contributed by atoms with van der Waals surface area (Å²) in [5, 5.41) is 3.06. The lowest BCUT2D eigenvalue weighted by Gasteiger charge is -2.27. The molecule has 1 unspecified atom stereocenters. The average molecular weight is 296 g/mol. The van der Waals surface area contributed by atoms with Crippen LogP contribution in [0.25, 0.3) is 0 Å². The van der Waals surface area contributed by atoms with Crippen LogP contribution in [-0.4, -0.2) is 49.9 Å². The number of hydrogen-bond acceptors (Lipinski definition) is 4. The number of nitrogens with one attached hydrogen (secondary N) is 1. The molecule has 0 spiro atoms. The Morgan fingerprint density at radius 2 is 2.05 bits per heavy atom. The standard InChI is InChI=1S/C14H20N2O3S/c1-2-16(13-8-9-20(18,19)11-13)14(17)10-15-12-6-4-3-5-7-12/h3-7,13,15H,2,8-11H2,1H3. The molecule has 20 heavy (non-hydrogen) atoms. The highest BCUT2D eigenvalue weighted by atomic mass is 32.2. The largest absolute Gasteiger partial charge is 0.376 e. The lowest BCUT2D eigenvalue weighted by molar-refractivity contribution is -0.130. The van der Waals surface area contributed by atoms with Crippen LogP contribution in [-0.2, 0) is 14.6 Å². The summed E-state index contributed by atoms with van der Waals surface area (Å²) < 4.78 is 23.0. The van der Waals surface area contributed by atoms with E-state index in [1.807, 2.05) is 37.3 Å². The minimum Gasteiger partial charge on any atom is -0.376 e. The Balaban J connectivity index is 1.93. The van der Waals surface area contributed by atoms with E-state index in [-0.39, 0.29) is 30.0 Å². The van der Waals surface area contributed by atoms with Crippen molar-refractivity contribution in [3.8, 4) is 0 Å². The van der Waals surface area contributed by atoms with Gasteiger partial charge in [0.05, 0.1) is 18.1 Å². The maximum Gasteiger partial charge on any atom is 0.242 e. The Hall–Kier alpha value is -1.56. The summed E-state index contributed by atoms with van der Waals surface area (Å²) in [6.45, 7) is 2.61. The number of amides is 1. The zero-order valence-electron chi connectivity index (χ0n) is 11.6. The minimum atomic E-state index is -2.97. The molecule has 1 atom stereocenters. The molecule has 0 radical (unpaired) electrons. The third-order valence-electron chi connectivity index (χ3n) is 3.53. The van der Waals surface area contributed by atoms with Gasteiger partial charge in [0, 0.05) is 18.3 Å². The quantitative estimate of drug-likeness (QED) is 0.884. The topological polar surface area (TPSA) is 66.5 Å². The van der Waals surface area contributed by atoms with Gasteiger partial charge in [-0.05, 0) is 25.5 Å². The van der Waals surface area contributed by atoms with Gasteiger partial charge in [-0.3, -0.25) is 4.79 Å². The SMILES string of the molecule is CCN(C(=O)CNc1ccccc1)C1CCS(=O)(=O)C1. The number of benzene rings is 1. The molecule has 2 rings (SSSR count). The zero-order valence-corrected chi connectivity index (χ0v) is 12.4. The summed E-state index contributed by atoms with van der Waals surface area (Å²) in [6.07, 6.45) is 0.549. The van der Waals surface area contributed by atoms with E-state index in [1.165, 1.54) is 0 Å². The summed E-state index contributed by atoms with van der Waals surface area (Å²) in [5.41, 5.74) is 0.885. The molecule has 110 valence electrons. The number of sulfone groups is 1. The summed E-state index contributed by atoms with van der Waals surface area (Å²) in [7, 11) is -2.97. The number of hydrogen-bond donors (Lipinski definition) is 1. The minimum absolute atomic E-state index is 0.0570. The predicted octanol–water partition coefficient (Wildman–Crippen LogP) is 1.13. The Morgan fingerprint density at radius 3 is 2.60 bits per heavy atom. The molecule has 0 aliphatic carbocycles. The molecule has 1 amide bonds. The average Bonchev–Trinajstić information content (AvgIpc) is 2.78. The molecular formula is C14H20N2O3S. The fourth-order valence-electron chi connectivity index (χ4n) is 2.49. The Bertz CT molecular complexity index is 557.